The van der Waals surface area contributed by atoms with Crippen LogP contribution in [-0.4, -0.2) is 30.1 Å². The lowest BCUT2D eigenvalue weighted by Gasteiger charge is -2.21. The Balaban J connectivity index is 1.66. The van der Waals surface area contributed by atoms with E-state index in [2.05, 4.69) is 34.5 Å². The zero-order valence-electron chi connectivity index (χ0n) is 11.6. The Bertz CT molecular complexity index is 412. The van der Waals surface area contributed by atoms with Gasteiger partial charge in [0.25, 0.3) is 0 Å². The molecule has 0 amide bonds. The summed E-state index contributed by atoms with van der Waals surface area (Å²) < 4.78 is 0. The normalized spacial score (nSPS) is 27.8. The Kier molecular flexibility index (Phi) is 4.04. The van der Waals surface area contributed by atoms with E-state index in [4.69, 9.17) is 5.73 Å². The fourth-order valence-electron chi connectivity index (χ4n) is 3.35. The fourth-order valence-corrected chi connectivity index (χ4v) is 3.35. The molecule has 1 saturated heterocycles. The molecule has 0 bridgehead atoms. The zero-order chi connectivity index (χ0) is 13.1. The van der Waals surface area contributed by atoms with Crippen molar-refractivity contribution in [2.45, 2.75) is 50.7 Å². The van der Waals surface area contributed by atoms with Crippen LogP contribution in [0.5, 0.6) is 0 Å². The molecule has 0 radical (unpaired) electrons. The third-order valence-corrected chi connectivity index (χ3v) is 4.44. The first-order chi connectivity index (χ1) is 9.31. The largest absolute Gasteiger partial charge is 0.382 e. The highest BCUT2D eigenvalue weighted by atomic mass is 15.1. The van der Waals surface area contributed by atoms with Gasteiger partial charge in [0.15, 0.2) is 0 Å². The first-order valence-electron chi connectivity index (χ1n) is 7.63. The molecular weight excluding hydrogens is 234 g/mol. The molecule has 3 N–H and O–H groups in total. The lowest BCUT2D eigenvalue weighted by atomic mass is 10.1. The van der Waals surface area contributed by atoms with Crippen molar-refractivity contribution >= 4 is 5.69 Å². The predicted octanol–water partition coefficient (Wildman–Crippen LogP) is 2.57. The molecule has 2 fully saturated rings. The van der Waals surface area contributed by atoms with Gasteiger partial charge in [-0.15, -0.1) is 0 Å². The SMILES string of the molecule is NC1CCC(Nc2ccccc2CN2CCCC2)C1. The second kappa shape index (κ2) is 5.93. The van der Waals surface area contributed by atoms with Gasteiger partial charge in [-0.1, -0.05) is 18.2 Å². The molecule has 2 unspecified atom stereocenters. The molecule has 0 spiro atoms. The van der Waals surface area contributed by atoms with Crippen LogP contribution in [0.25, 0.3) is 0 Å². The van der Waals surface area contributed by atoms with Crippen molar-refractivity contribution in [3.05, 3.63) is 29.8 Å². The van der Waals surface area contributed by atoms with Crippen molar-refractivity contribution in [3.8, 4) is 0 Å². The summed E-state index contributed by atoms with van der Waals surface area (Å²) >= 11 is 0. The summed E-state index contributed by atoms with van der Waals surface area (Å²) in [5, 5.41) is 3.71. The second-order valence-electron chi connectivity index (χ2n) is 6.05. The van der Waals surface area contributed by atoms with E-state index in [1.165, 1.54) is 43.6 Å². The molecule has 1 aliphatic carbocycles. The third-order valence-electron chi connectivity index (χ3n) is 4.44. The molecule has 3 nitrogen and oxygen atoms in total. The second-order valence-corrected chi connectivity index (χ2v) is 6.05. The minimum Gasteiger partial charge on any atom is -0.382 e. The van der Waals surface area contributed by atoms with Crippen LogP contribution in [0.1, 0.15) is 37.7 Å². The lowest BCUT2D eigenvalue weighted by molar-refractivity contribution is 0.332. The van der Waals surface area contributed by atoms with Crippen molar-refractivity contribution in [2.75, 3.05) is 18.4 Å². The molecule has 1 aromatic carbocycles. The van der Waals surface area contributed by atoms with Crippen molar-refractivity contribution in [2.24, 2.45) is 5.73 Å². The van der Waals surface area contributed by atoms with Crippen molar-refractivity contribution in [1.29, 1.82) is 0 Å². The average molecular weight is 259 g/mol. The monoisotopic (exact) mass is 259 g/mol. The summed E-state index contributed by atoms with van der Waals surface area (Å²) in [5.74, 6) is 0. The molecule has 104 valence electrons. The molecule has 3 rings (SSSR count). The number of hydrogen-bond acceptors (Lipinski definition) is 3. The number of likely N-dealkylation sites (tertiary alicyclic amines) is 1. The van der Waals surface area contributed by atoms with Crippen LogP contribution in [0, 0.1) is 0 Å². The molecule has 19 heavy (non-hydrogen) atoms. The van der Waals surface area contributed by atoms with Crippen LogP contribution >= 0.6 is 0 Å². The number of para-hydroxylation sites is 1. The summed E-state index contributed by atoms with van der Waals surface area (Å²) in [6, 6.07) is 9.71. The quantitative estimate of drug-likeness (QED) is 0.873. The summed E-state index contributed by atoms with van der Waals surface area (Å²) in [4.78, 5) is 2.56. The molecule has 2 atom stereocenters. The van der Waals surface area contributed by atoms with Crippen LogP contribution in [0.3, 0.4) is 0 Å². The standard InChI is InChI=1S/C16H25N3/c17-14-7-8-15(11-14)18-16-6-2-1-5-13(16)12-19-9-3-4-10-19/h1-2,5-6,14-15,18H,3-4,7-12,17H2. The van der Waals surface area contributed by atoms with Gasteiger partial charge in [0.05, 0.1) is 0 Å². The smallest absolute Gasteiger partial charge is 0.0388 e. The molecule has 1 saturated carbocycles. The third kappa shape index (κ3) is 3.28. The van der Waals surface area contributed by atoms with Crippen LogP contribution in [0.2, 0.25) is 0 Å². The molecular formula is C16H25N3. The maximum Gasteiger partial charge on any atom is 0.0388 e. The molecule has 1 aromatic rings. The Labute approximate surface area is 116 Å². The summed E-state index contributed by atoms with van der Waals surface area (Å²) in [5.41, 5.74) is 8.75. The Morgan fingerprint density at radius 1 is 1.16 bits per heavy atom. The van der Waals surface area contributed by atoms with Crippen molar-refractivity contribution in [3.63, 3.8) is 0 Å². The molecule has 0 aromatic heterocycles. The number of nitrogens with two attached hydrogens (primary N) is 1. The van der Waals surface area contributed by atoms with Crippen LogP contribution in [0.15, 0.2) is 24.3 Å². The summed E-state index contributed by atoms with van der Waals surface area (Å²) in [7, 11) is 0. The average Bonchev–Trinajstić information content (AvgIpc) is 3.04. The number of anilines is 1. The first kappa shape index (κ1) is 12.9. The topological polar surface area (TPSA) is 41.3 Å². The minimum absolute atomic E-state index is 0.392. The van der Waals surface area contributed by atoms with Crippen molar-refractivity contribution in [1.82, 2.24) is 4.90 Å². The number of nitrogens with zero attached hydrogens (tertiary/aromatic N) is 1. The Hall–Kier alpha value is -1.06. The number of hydrogen-bond donors (Lipinski definition) is 2. The van der Waals surface area contributed by atoms with E-state index in [9.17, 15) is 0 Å². The molecule has 1 heterocycles. The van der Waals surface area contributed by atoms with E-state index < -0.39 is 0 Å². The van der Waals surface area contributed by atoms with Gasteiger partial charge in [0.1, 0.15) is 0 Å². The van der Waals surface area contributed by atoms with E-state index >= 15 is 0 Å². The fraction of sp³-hybridized carbons (Fsp3) is 0.625. The van der Waals surface area contributed by atoms with E-state index in [1.807, 2.05) is 0 Å². The Morgan fingerprint density at radius 3 is 2.68 bits per heavy atom. The summed E-state index contributed by atoms with van der Waals surface area (Å²) in [6.07, 6.45) is 6.18. The zero-order valence-corrected chi connectivity index (χ0v) is 11.6. The van der Waals surface area contributed by atoms with Gasteiger partial charge in [0, 0.05) is 24.3 Å². The van der Waals surface area contributed by atoms with Gasteiger partial charge < -0.3 is 11.1 Å². The maximum atomic E-state index is 6.00. The van der Waals surface area contributed by atoms with Gasteiger partial charge in [-0.2, -0.15) is 0 Å². The van der Waals surface area contributed by atoms with Crippen LogP contribution < -0.4 is 11.1 Å². The van der Waals surface area contributed by atoms with E-state index in [0.29, 0.717) is 12.1 Å². The highest BCUT2D eigenvalue weighted by molar-refractivity contribution is 5.52. The highest BCUT2D eigenvalue weighted by Crippen LogP contribution is 2.25. The van der Waals surface area contributed by atoms with E-state index in [1.54, 1.807) is 0 Å². The molecule has 2 aliphatic rings. The summed E-state index contributed by atoms with van der Waals surface area (Å²) in [6.45, 7) is 3.59. The maximum absolute atomic E-state index is 6.00. The number of benzene rings is 1. The highest BCUT2D eigenvalue weighted by Gasteiger charge is 2.22. The van der Waals surface area contributed by atoms with Crippen molar-refractivity contribution < 1.29 is 0 Å². The van der Waals surface area contributed by atoms with Gasteiger partial charge in [0.2, 0.25) is 0 Å². The molecule has 1 aliphatic heterocycles. The van der Waals surface area contributed by atoms with Gasteiger partial charge in [-0.05, 0) is 56.8 Å². The molecule has 3 heteroatoms. The lowest BCUT2D eigenvalue weighted by Crippen LogP contribution is -2.23. The van der Waals surface area contributed by atoms with E-state index in [0.717, 1.165) is 19.4 Å². The van der Waals surface area contributed by atoms with Gasteiger partial charge >= 0.3 is 0 Å². The first-order valence-corrected chi connectivity index (χ1v) is 7.63. The Morgan fingerprint density at radius 2 is 1.95 bits per heavy atom. The van der Waals surface area contributed by atoms with Gasteiger partial charge in [-0.25, -0.2) is 0 Å². The van der Waals surface area contributed by atoms with E-state index in [-0.39, 0.29) is 0 Å². The number of rotatable bonds is 4. The minimum atomic E-state index is 0.392. The number of nitrogens with one attached hydrogen (secondary N) is 1. The van der Waals surface area contributed by atoms with Crippen LogP contribution in [0.4, 0.5) is 5.69 Å². The van der Waals surface area contributed by atoms with Gasteiger partial charge in [-0.3, -0.25) is 4.90 Å². The van der Waals surface area contributed by atoms with Crippen LogP contribution in [-0.2, 0) is 6.54 Å². The predicted molar refractivity (Wildman–Crippen MR) is 80.2 cm³/mol.